The van der Waals surface area contributed by atoms with Crippen LogP contribution in [0.2, 0.25) is 0 Å². The molecule has 5 rings (SSSR count). The Morgan fingerprint density at radius 1 is 0.884 bits per heavy atom. The van der Waals surface area contributed by atoms with Gasteiger partial charge in [0.1, 0.15) is 11.4 Å². The summed E-state index contributed by atoms with van der Waals surface area (Å²) in [6.45, 7) is -0.0258. The van der Waals surface area contributed by atoms with Crippen molar-refractivity contribution in [3.63, 3.8) is 0 Å². The van der Waals surface area contributed by atoms with Gasteiger partial charge in [-0.2, -0.15) is 4.73 Å². The Kier molecular flexibility index (Phi) is 8.06. The van der Waals surface area contributed by atoms with E-state index >= 15 is 0 Å². The molecule has 0 unspecified atom stereocenters. The summed E-state index contributed by atoms with van der Waals surface area (Å²) < 4.78 is 29.8. The molecule has 0 spiro atoms. The summed E-state index contributed by atoms with van der Waals surface area (Å²) >= 11 is 0. The average molecular weight is 584 g/mol. The van der Waals surface area contributed by atoms with E-state index in [0.717, 1.165) is 0 Å². The van der Waals surface area contributed by atoms with Crippen LogP contribution in [0, 0.1) is 5.21 Å². The first-order chi connectivity index (χ1) is 20.8. The van der Waals surface area contributed by atoms with Crippen molar-refractivity contribution in [1.82, 2.24) is 4.57 Å². The maximum absolute atomic E-state index is 14.2. The zero-order valence-electron chi connectivity index (χ0n) is 24.0. The molecule has 0 bridgehead atoms. The lowest BCUT2D eigenvalue weighted by Gasteiger charge is -2.21. The second kappa shape index (κ2) is 12.0. The summed E-state index contributed by atoms with van der Waals surface area (Å²) in [5, 5.41) is 12.8. The Bertz CT molecular complexity index is 1860. The smallest absolute Gasteiger partial charge is 0.355 e. The number of pyridine rings is 2. The Morgan fingerprint density at radius 3 is 2.19 bits per heavy atom. The highest BCUT2D eigenvalue weighted by Gasteiger charge is 2.27. The van der Waals surface area contributed by atoms with Crippen molar-refractivity contribution < 1.29 is 33.2 Å². The molecule has 2 aromatic heterocycles. The van der Waals surface area contributed by atoms with Crippen LogP contribution in [-0.2, 0) is 11.3 Å². The van der Waals surface area contributed by atoms with E-state index in [0.29, 0.717) is 61.3 Å². The van der Waals surface area contributed by atoms with Gasteiger partial charge in [0.15, 0.2) is 24.3 Å². The maximum Gasteiger partial charge on any atom is 0.355 e. The monoisotopic (exact) mass is 583 g/mol. The molecule has 11 nitrogen and oxygen atoms in total. The quantitative estimate of drug-likeness (QED) is 0.117. The summed E-state index contributed by atoms with van der Waals surface area (Å²) in [6, 6.07) is 19.8. The predicted molar refractivity (Wildman–Crippen MR) is 160 cm³/mol. The number of nitrogen functional groups attached to an aromatic ring is 1. The minimum Gasteiger partial charge on any atom is -0.618 e. The molecule has 0 aliphatic rings. The number of hydrogen-bond acceptors (Lipinski definition) is 9. The van der Waals surface area contributed by atoms with E-state index in [1.165, 1.54) is 39.2 Å². The van der Waals surface area contributed by atoms with Crippen molar-refractivity contribution in [2.75, 3.05) is 34.2 Å². The normalized spacial score (nSPS) is 10.8. The van der Waals surface area contributed by atoms with E-state index < -0.39 is 11.5 Å². The molecule has 0 saturated heterocycles. The van der Waals surface area contributed by atoms with Crippen LogP contribution < -0.4 is 35.0 Å². The Labute approximate surface area is 246 Å². The first-order valence-electron chi connectivity index (χ1n) is 13.1. The Morgan fingerprint density at radius 2 is 1.58 bits per heavy atom. The van der Waals surface area contributed by atoms with Crippen LogP contribution in [0.4, 0.5) is 5.69 Å². The summed E-state index contributed by atoms with van der Waals surface area (Å²) in [5.74, 6) is 0.652. The highest BCUT2D eigenvalue weighted by Crippen LogP contribution is 2.44. The van der Waals surface area contributed by atoms with Gasteiger partial charge in [-0.15, -0.1) is 0 Å². The maximum atomic E-state index is 14.2. The van der Waals surface area contributed by atoms with Crippen molar-refractivity contribution in [2.45, 2.75) is 6.61 Å². The summed E-state index contributed by atoms with van der Waals surface area (Å²) in [4.78, 5) is 27.7. The second-order valence-corrected chi connectivity index (χ2v) is 9.38. The molecule has 0 fully saturated rings. The number of rotatable bonds is 9. The molecule has 5 aromatic rings. The highest BCUT2D eigenvalue weighted by molar-refractivity contribution is 6.07. The number of hydrogen-bond donors (Lipinski definition) is 1. The summed E-state index contributed by atoms with van der Waals surface area (Å²) in [6.07, 6.45) is 1.38. The van der Waals surface area contributed by atoms with Crippen LogP contribution in [-0.4, -0.2) is 39.0 Å². The van der Waals surface area contributed by atoms with Gasteiger partial charge in [-0.05, 0) is 71.6 Å². The third kappa shape index (κ3) is 5.35. The lowest BCUT2D eigenvalue weighted by Crippen LogP contribution is -2.31. The van der Waals surface area contributed by atoms with E-state index in [1.54, 1.807) is 72.8 Å². The van der Waals surface area contributed by atoms with Crippen molar-refractivity contribution in [3.05, 3.63) is 106 Å². The van der Waals surface area contributed by atoms with E-state index in [9.17, 15) is 14.8 Å². The number of carbonyl (C=O) groups is 1. The van der Waals surface area contributed by atoms with Gasteiger partial charge in [-0.1, -0.05) is 0 Å². The van der Waals surface area contributed by atoms with E-state index in [-0.39, 0.29) is 17.7 Å². The average Bonchev–Trinajstić information content (AvgIpc) is 3.03. The second-order valence-electron chi connectivity index (χ2n) is 9.38. The minimum atomic E-state index is -0.746. The summed E-state index contributed by atoms with van der Waals surface area (Å²) in [5.41, 5.74) is 7.53. The van der Waals surface area contributed by atoms with Crippen molar-refractivity contribution in [3.8, 4) is 39.8 Å². The van der Waals surface area contributed by atoms with Gasteiger partial charge in [-0.3, -0.25) is 9.36 Å². The van der Waals surface area contributed by atoms with Gasteiger partial charge >= 0.3 is 5.97 Å². The molecule has 43 heavy (non-hydrogen) atoms. The molecule has 0 saturated carbocycles. The first kappa shape index (κ1) is 28.8. The first-order valence-corrected chi connectivity index (χ1v) is 13.1. The predicted octanol–water partition coefficient (Wildman–Crippen LogP) is 4.26. The third-order valence-electron chi connectivity index (χ3n) is 6.93. The van der Waals surface area contributed by atoms with Crippen LogP contribution in [0.5, 0.6) is 23.0 Å². The molecule has 3 aromatic carbocycles. The van der Waals surface area contributed by atoms with Crippen LogP contribution in [0.15, 0.2) is 83.8 Å². The van der Waals surface area contributed by atoms with Gasteiger partial charge in [0, 0.05) is 29.1 Å². The standard InChI is InChI=1S/C32H29N3O8/c1-39-26-15-19(16-27(40-2)30(26)41-3)28-24-13-12-23(43-18-22-7-5-6-14-34(22)38)17-25(24)31(36)35(29(28)32(37)42-4)21-10-8-20(33)9-11-21/h5-17H,18,33H2,1-4H3. The lowest BCUT2D eigenvalue weighted by atomic mass is 9.95. The fourth-order valence-corrected chi connectivity index (χ4v) is 4.88. The van der Waals surface area contributed by atoms with E-state index in [4.69, 9.17) is 29.4 Å². The number of nitrogens with zero attached hydrogens (tertiary/aromatic N) is 2. The largest absolute Gasteiger partial charge is 0.618 e. The fraction of sp³-hybridized carbons (Fsp3) is 0.156. The molecule has 2 heterocycles. The van der Waals surface area contributed by atoms with Crippen molar-refractivity contribution >= 4 is 22.4 Å². The van der Waals surface area contributed by atoms with Gasteiger partial charge in [0.05, 0.1) is 33.8 Å². The Hall–Kier alpha value is -5.71. The van der Waals surface area contributed by atoms with Gasteiger partial charge < -0.3 is 34.6 Å². The minimum absolute atomic E-state index is 0.0237. The molecule has 0 aliphatic carbocycles. The van der Waals surface area contributed by atoms with Crippen molar-refractivity contribution in [1.29, 1.82) is 0 Å². The number of esters is 1. The summed E-state index contributed by atoms with van der Waals surface area (Å²) in [7, 11) is 5.70. The number of anilines is 1. The fourth-order valence-electron chi connectivity index (χ4n) is 4.88. The zero-order chi connectivity index (χ0) is 30.7. The SMILES string of the molecule is COC(=O)c1c(-c2cc(OC)c(OC)c(OC)c2)c2ccc(OCc3cccc[n+]3[O-])cc2c(=O)n1-c1ccc(N)cc1. The van der Waals surface area contributed by atoms with E-state index in [1.807, 2.05) is 0 Å². The molecule has 0 atom stereocenters. The number of methoxy groups -OCH3 is 4. The molecule has 11 heteroatoms. The number of nitrogens with two attached hydrogens (primary N) is 1. The topological polar surface area (TPSA) is 138 Å². The molecular weight excluding hydrogens is 554 g/mol. The van der Waals surface area contributed by atoms with Crippen LogP contribution in [0.1, 0.15) is 16.2 Å². The van der Waals surface area contributed by atoms with Crippen LogP contribution in [0.25, 0.3) is 27.6 Å². The number of benzene rings is 3. The zero-order valence-corrected chi connectivity index (χ0v) is 24.0. The molecular formula is C32H29N3O8. The van der Waals surface area contributed by atoms with Crippen LogP contribution >= 0.6 is 0 Å². The van der Waals surface area contributed by atoms with Gasteiger partial charge in [-0.25, -0.2) is 4.79 Å². The third-order valence-corrected chi connectivity index (χ3v) is 6.93. The van der Waals surface area contributed by atoms with Crippen LogP contribution in [0.3, 0.4) is 0 Å². The molecule has 2 N–H and O–H groups in total. The number of carbonyl (C=O) groups excluding carboxylic acids is 1. The number of aromatic nitrogens is 2. The van der Waals surface area contributed by atoms with Crippen molar-refractivity contribution in [2.24, 2.45) is 0 Å². The van der Waals surface area contributed by atoms with Gasteiger partial charge in [0.25, 0.3) is 5.56 Å². The highest BCUT2D eigenvalue weighted by atomic mass is 16.5. The molecule has 0 aliphatic heterocycles. The lowest BCUT2D eigenvalue weighted by molar-refractivity contribution is -0.616. The number of ether oxygens (including phenoxy) is 5. The van der Waals surface area contributed by atoms with E-state index in [2.05, 4.69) is 0 Å². The number of fused-ring (bicyclic) bond motifs is 1. The van der Waals surface area contributed by atoms with Gasteiger partial charge in [0.2, 0.25) is 11.4 Å². The Balaban J connectivity index is 1.84. The molecule has 0 amide bonds. The molecule has 0 radical (unpaired) electrons. The molecule has 220 valence electrons.